The number of carboxylic acid groups (broad SMARTS) is 1. The molecule has 0 radical (unpaired) electrons. The fourth-order valence-corrected chi connectivity index (χ4v) is 2.78. The molecule has 0 saturated carbocycles. The highest BCUT2D eigenvalue weighted by molar-refractivity contribution is 8.13. The third-order valence-corrected chi connectivity index (χ3v) is 3.97. The van der Waals surface area contributed by atoms with Gasteiger partial charge in [-0.2, -0.15) is 0 Å². The number of aliphatic carboxylic acids is 1. The van der Waals surface area contributed by atoms with E-state index in [-0.39, 0.29) is 14.0 Å². The molecular weight excluding hydrogens is 350 g/mol. The van der Waals surface area contributed by atoms with Gasteiger partial charge in [0.25, 0.3) is 0 Å². The molecule has 9 heteroatoms. The third-order valence-electron chi connectivity index (χ3n) is 2.42. The number of thioether (sulfide) groups is 1. The van der Waals surface area contributed by atoms with Crippen LogP contribution in [0.5, 0.6) is 0 Å². The first-order valence-corrected chi connectivity index (χ1v) is 8.99. The molecule has 7 nitrogen and oxygen atoms in total. The van der Waals surface area contributed by atoms with E-state index in [0.717, 1.165) is 0 Å². The zero-order chi connectivity index (χ0) is 17.6. The first-order valence-electron chi connectivity index (χ1n) is 6.88. The number of nitrogens with one attached hydrogen (secondary N) is 1. The maximum atomic E-state index is 11.6. The number of rotatable bonds is 5. The standard InChI is InChI=1S/C14H21N3O4S2.CH4/c1-8(12(18)19)16-11(22-5)9-7-23-10(17-9)6-15-13(20)21-14(2,3)4;/h7-8H,6H2,1-5H3,(H,15,20)(H,18,19);1H4/t8-;/m1./s1. The zero-order valence-corrected chi connectivity index (χ0v) is 15.4. The Morgan fingerprint density at radius 1 is 1.50 bits per heavy atom. The van der Waals surface area contributed by atoms with Crippen LogP contribution >= 0.6 is 23.1 Å². The van der Waals surface area contributed by atoms with Crippen LogP contribution in [0.2, 0.25) is 0 Å². The number of hydrogen-bond acceptors (Lipinski definition) is 7. The number of nitrogens with zero attached hydrogens (tertiary/aromatic N) is 2. The van der Waals surface area contributed by atoms with Gasteiger partial charge < -0.3 is 15.2 Å². The number of carbonyl (C=O) groups excluding carboxylic acids is 1. The lowest BCUT2D eigenvalue weighted by Gasteiger charge is -2.19. The summed E-state index contributed by atoms with van der Waals surface area (Å²) in [6.07, 6.45) is 1.30. The largest absolute Gasteiger partial charge is 0.480 e. The normalized spacial score (nSPS) is 13.0. The summed E-state index contributed by atoms with van der Waals surface area (Å²) in [6, 6.07) is -0.831. The van der Waals surface area contributed by atoms with Crippen LogP contribution in [-0.4, -0.2) is 45.1 Å². The van der Waals surface area contributed by atoms with Crippen LogP contribution in [0, 0.1) is 0 Å². The van der Waals surface area contributed by atoms with Crippen molar-refractivity contribution in [3.8, 4) is 0 Å². The maximum Gasteiger partial charge on any atom is 0.408 e. The SMILES string of the molecule is C.CSC(=N[C@H](C)C(=O)O)c1csc(CNC(=O)OC(C)(C)C)n1. The Kier molecular flexibility index (Phi) is 8.98. The number of amides is 1. The monoisotopic (exact) mass is 375 g/mol. The number of thiazole rings is 1. The molecule has 0 bridgehead atoms. The third kappa shape index (κ3) is 7.78. The molecule has 1 aromatic rings. The Morgan fingerprint density at radius 3 is 2.62 bits per heavy atom. The molecule has 136 valence electrons. The lowest BCUT2D eigenvalue weighted by molar-refractivity contribution is -0.137. The van der Waals surface area contributed by atoms with Gasteiger partial charge in [-0.3, -0.25) is 4.99 Å². The Labute approximate surface area is 150 Å². The van der Waals surface area contributed by atoms with Crippen molar-refractivity contribution in [3.05, 3.63) is 16.1 Å². The van der Waals surface area contributed by atoms with Gasteiger partial charge in [0.15, 0.2) is 0 Å². The van der Waals surface area contributed by atoms with Gasteiger partial charge in [0.05, 0.1) is 6.54 Å². The predicted molar refractivity (Wildman–Crippen MR) is 99.1 cm³/mol. The molecule has 2 N–H and O–H groups in total. The van der Waals surface area contributed by atoms with Gasteiger partial charge in [-0.15, -0.1) is 23.1 Å². The summed E-state index contributed by atoms with van der Waals surface area (Å²) in [5.74, 6) is -0.987. The van der Waals surface area contributed by atoms with Gasteiger partial charge >= 0.3 is 12.1 Å². The summed E-state index contributed by atoms with van der Waals surface area (Å²) < 4.78 is 5.15. The molecule has 0 spiro atoms. The Morgan fingerprint density at radius 2 is 2.12 bits per heavy atom. The van der Waals surface area contributed by atoms with Crippen LogP contribution in [-0.2, 0) is 16.1 Å². The minimum absolute atomic E-state index is 0. The van der Waals surface area contributed by atoms with Crippen molar-refractivity contribution >= 4 is 40.2 Å². The number of aliphatic imine (C=N–C) groups is 1. The minimum Gasteiger partial charge on any atom is -0.480 e. The number of carbonyl (C=O) groups is 2. The zero-order valence-electron chi connectivity index (χ0n) is 13.7. The summed E-state index contributed by atoms with van der Waals surface area (Å²) in [4.78, 5) is 31.0. The highest BCUT2D eigenvalue weighted by atomic mass is 32.2. The van der Waals surface area contributed by atoms with Crippen molar-refractivity contribution < 1.29 is 19.4 Å². The summed E-state index contributed by atoms with van der Waals surface area (Å²) in [5.41, 5.74) is 0.0561. The van der Waals surface area contributed by atoms with Crippen molar-refractivity contribution in [2.24, 2.45) is 4.99 Å². The van der Waals surface area contributed by atoms with Crippen LogP contribution in [0.3, 0.4) is 0 Å². The average molecular weight is 376 g/mol. The molecule has 0 aliphatic heterocycles. The number of carboxylic acids is 1. The van der Waals surface area contributed by atoms with E-state index in [4.69, 9.17) is 9.84 Å². The van der Waals surface area contributed by atoms with E-state index < -0.39 is 23.7 Å². The van der Waals surface area contributed by atoms with Gasteiger partial charge in [0.1, 0.15) is 27.4 Å². The fourth-order valence-electron chi connectivity index (χ4n) is 1.41. The molecule has 0 aliphatic rings. The summed E-state index contributed by atoms with van der Waals surface area (Å²) in [5, 5.41) is 14.6. The molecule has 1 amide bonds. The van der Waals surface area contributed by atoms with Gasteiger partial charge in [0, 0.05) is 5.38 Å². The average Bonchev–Trinajstić information content (AvgIpc) is 2.89. The van der Waals surface area contributed by atoms with E-state index >= 15 is 0 Å². The molecule has 0 fully saturated rings. The molecular formula is C15H25N3O4S2. The van der Waals surface area contributed by atoms with E-state index in [1.165, 1.54) is 30.0 Å². The lowest BCUT2D eigenvalue weighted by Crippen LogP contribution is -2.32. The van der Waals surface area contributed by atoms with Crippen LogP contribution in [0.1, 0.15) is 45.8 Å². The Balaban J connectivity index is 0.00000529. The van der Waals surface area contributed by atoms with Crippen molar-refractivity contribution in [3.63, 3.8) is 0 Å². The van der Waals surface area contributed by atoms with Gasteiger partial charge in [-0.05, 0) is 34.0 Å². The molecule has 1 rings (SSSR count). The van der Waals surface area contributed by atoms with Gasteiger partial charge in [-0.25, -0.2) is 14.6 Å². The first-order chi connectivity index (χ1) is 10.6. The van der Waals surface area contributed by atoms with Crippen molar-refractivity contribution in [1.82, 2.24) is 10.3 Å². The van der Waals surface area contributed by atoms with Crippen molar-refractivity contribution in [1.29, 1.82) is 0 Å². The molecule has 1 aromatic heterocycles. The Hall–Kier alpha value is -1.61. The maximum absolute atomic E-state index is 11.6. The molecule has 0 aromatic carbocycles. The van der Waals surface area contributed by atoms with Crippen LogP contribution in [0.25, 0.3) is 0 Å². The van der Waals surface area contributed by atoms with Crippen molar-refractivity contribution in [2.45, 2.75) is 53.3 Å². The lowest BCUT2D eigenvalue weighted by atomic mass is 10.2. The summed E-state index contributed by atoms with van der Waals surface area (Å²) >= 11 is 2.70. The van der Waals surface area contributed by atoms with E-state index in [2.05, 4.69) is 15.3 Å². The minimum atomic E-state index is -0.987. The highest BCUT2D eigenvalue weighted by Gasteiger charge is 2.17. The second kappa shape index (κ2) is 9.63. The van der Waals surface area contributed by atoms with Gasteiger partial charge in [-0.1, -0.05) is 7.43 Å². The second-order valence-corrected chi connectivity index (χ2v) is 7.37. The number of ether oxygens (including phenoxy) is 1. The second-order valence-electron chi connectivity index (χ2n) is 5.63. The van der Waals surface area contributed by atoms with E-state index in [1.54, 1.807) is 26.2 Å². The Bertz CT molecular complexity index is 594. The molecule has 24 heavy (non-hydrogen) atoms. The number of alkyl carbamates (subject to hydrolysis) is 1. The molecule has 0 unspecified atom stereocenters. The molecule has 1 atom stereocenters. The molecule has 0 aliphatic carbocycles. The smallest absolute Gasteiger partial charge is 0.408 e. The fraction of sp³-hybridized carbons (Fsp3) is 0.600. The number of aromatic nitrogens is 1. The predicted octanol–water partition coefficient (Wildman–Crippen LogP) is 3.39. The molecule has 0 saturated heterocycles. The summed E-state index contributed by atoms with van der Waals surface area (Å²) in [7, 11) is 0. The molecule has 1 heterocycles. The summed E-state index contributed by atoms with van der Waals surface area (Å²) in [6.45, 7) is 7.13. The van der Waals surface area contributed by atoms with Crippen LogP contribution < -0.4 is 5.32 Å². The van der Waals surface area contributed by atoms with Crippen LogP contribution in [0.15, 0.2) is 10.4 Å². The van der Waals surface area contributed by atoms with E-state index in [0.29, 0.717) is 15.7 Å². The van der Waals surface area contributed by atoms with Gasteiger partial charge in [0.2, 0.25) is 0 Å². The topological polar surface area (TPSA) is 101 Å². The highest BCUT2D eigenvalue weighted by Crippen LogP contribution is 2.17. The quantitative estimate of drug-likeness (QED) is 0.604. The first kappa shape index (κ1) is 22.4. The van der Waals surface area contributed by atoms with E-state index in [1.807, 2.05) is 6.26 Å². The van der Waals surface area contributed by atoms with Crippen LogP contribution in [0.4, 0.5) is 4.79 Å². The van der Waals surface area contributed by atoms with Crippen molar-refractivity contribution in [2.75, 3.05) is 6.26 Å². The van der Waals surface area contributed by atoms with E-state index in [9.17, 15) is 9.59 Å². The number of hydrogen-bond donors (Lipinski definition) is 2.